The standard InChI is InChI=1S/C20H30N4O/c1-14-17(5-2-10-22-14)20(25)24-13-3-4-16-6-7-18(23-19(16)24)15-8-11-21-12-9-15/h6-7,14-15,17,21-22H,2-5,8-13H2,1H3/t14-,17-/m1/s1. The van der Waals surface area contributed by atoms with Crippen molar-refractivity contribution in [1.82, 2.24) is 15.6 Å². The Morgan fingerprint density at radius 3 is 2.80 bits per heavy atom. The lowest BCUT2D eigenvalue weighted by Gasteiger charge is -2.36. The molecule has 0 saturated carbocycles. The Balaban J connectivity index is 1.60. The lowest BCUT2D eigenvalue weighted by molar-refractivity contribution is -0.124. The Morgan fingerprint density at radius 1 is 1.16 bits per heavy atom. The molecule has 25 heavy (non-hydrogen) atoms. The van der Waals surface area contributed by atoms with Gasteiger partial charge in [-0.1, -0.05) is 6.07 Å². The molecule has 0 unspecified atom stereocenters. The van der Waals surface area contributed by atoms with Gasteiger partial charge >= 0.3 is 0 Å². The maximum absolute atomic E-state index is 13.2. The van der Waals surface area contributed by atoms with E-state index in [2.05, 4.69) is 29.7 Å². The van der Waals surface area contributed by atoms with Crippen LogP contribution in [-0.2, 0) is 11.2 Å². The third-order valence-electron chi connectivity index (χ3n) is 6.16. The van der Waals surface area contributed by atoms with Gasteiger partial charge in [0.1, 0.15) is 5.82 Å². The van der Waals surface area contributed by atoms with Gasteiger partial charge in [0.2, 0.25) is 5.91 Å². The molecule has 0 bridgehead atoms. The van der Waals surface area contributed by atoms with Gasteiger partial charge in [-0.05, 0) is 76.7 Å². The highest BCUT2D eigenvalue weighted by molar-refractivity contribution is 5.95. The minimum Gasteiger partial charge on any atom is -0.317 e. The van der Waals surface area contributed by atoms with E-state index in [0.29, 0.717) is 5.92 Å². The molecule has 2 fully saturated rings. The summed E-state index contributed by atoms with van der Waals surface area (Å²) in [6.45, 7) is 6.12. The predicted octanol–water partition coefficient (Wildman–Crippen LogP) is 2.22. The molecule has 0 radical (unpaired) electrons. The van der Waals surface area contributed by atoms with Crippen molar-refractivity contribution in [2.24, 2.45) is 5.92 Å². The molecule has 1 aromatic heterocycles. The second kappa shape index (κ2) is 7.42. The summed E-state index contributed by atoms with van der Waals surface area (Å²) in [5.74, 6) is 1.84. The quantitative estimate of drug-likeness (QED) is 0.865. The van der Waals surface area contributed by atoms with E-state index in [1.807, 2.05) is 4.90 Å². The van der Waals surface area contributed by atoms with Gasteiger partial charge < -0.3 is 10.6 Å². The maximum Gasteiger partial charge on any atom is 0.232 e. The number of rotatable bonds is 2. The summed E-state index contributed by atoms with van der Waals surface area (Å²) in [6.07, 6.45) is 6.45. The summed E-state index contributed by atoms with van der Waals surface area (Å²) in [6, 6.07) is 4.69. The molecule has 136 valence electrons. The van der Waals surface area contributed by atoms with E-state index in [1.165, 1.54) is 11.3 Å². The van der Waals surface area contributed by atoms with Crippen LogP contribution in [0.4, 0.5) is 5.82 Å². The highest BCUT2D eigenvalue weighted by Gasteiger charge is 2.34. The molecule has 2 N–H and O–H groups in total. The molecule has 5 heteroatoms. The first kappa shape index (κ1) is 17.0. The zero-order chi connectivity index (χ0) is 17.2. The molecule has 1 aromatic rings. The number of aryl methyl sites for hydroxylation is 1. The normalized spacial score (nSPS) is 27.8. The van der Waals surface area contributed by atoms with Gasteiger partial charge in [-0.2, -0.15) is 0 Å². The van der Waals surface area contributed by atoms with Crippen molar-refractivity contribution in [2.75, 3.05) is 31.1 Å². The zero-order valence-corrected chi connectivity index (χ0v) is 15.3. The smallest absolute Gasteiger partial charge is 0.232 e. The Bertz CT molecular complexity index is 626. The number of amides is 1. The number of anilines is 1. The second-order valence-corrected chi connectivity index (χ2v) is 7.83. The van der Waals surface area contributed by atoms with E-state index >= 15 is 0 Å². The topological polar surface area (TPSA) is 57.3 Å². The Hall–Kier alpha value is -1.46. The van der Waals surface area contributed by atoms with Crippen LogP contribution in [0.5, 0.6) is 0 Å². The molecular weight excluding hydrogens is 312 g/mol. The minimum atomic E-state index is 0.0871. The van der Waals surface area contributed by atoms with Crippen molar-refractivity contribution in [3.8, 4) is 0 Å². The number of hydrogen-bond donors (Lipinski definition) is 2. The number of nitrogens with one attached hydrogen (secondary N) is 2. The van der Waals surface area contributed by atoms with Crippen molar-refractivity contribution < 1.29 is 4.79 Å². The van der Waals surface area contributed by atoms with Crippen LogP contribution in [0.2, 0.25) is 0 Å². The third kappa shape index (κ3) is 3.44. The molecule has 2 atom stereocenters. The van der Waals surface area contributed by atoms with Crippen LogP contribution in [0.15, 0.2) is 12.1 Å². The number of piperidine rings is 2. The maximum atomic E-state index is 13.2. The highest BCUT2D eigenvalue weighted by Crippen LogP contribution is 2.32. The monoisotopic (exact) mass is 342 g/mol. The average Bonchev–Trinajstić information content (AvgIpc) is 2.67. The molecule has 5 nitrogen and oxygen atoms in total. The first-order valence-electron chi connectivity index (χ1n) is 9.99. The van der Waals surface area contributed by atoms with Crippen LogP contribution in [-0.4, -0.2) is 43.1 Å². The van der Waals surface area contributed by atoms with Gasteiger partial charge in [-0.3, -0.25) is 9.69 Å². The molecule has 3 aliphatic heterocycles. The molecular formula is C20H30N4O. The number of nitrogens with zero attached hydrogens (tertiary/aromatic N) is 2. The molecule has 1 amide bonds. The summed E-state index contributed by atoms with van der Waals surface area (Å²) < 4.78 is 0. The van der Waals surface area contributed by atoms with E-state index in [9.17, 15) is 4.79 Å². The van der Waals surface area contributed by atoms with Gasteiger partial charge in [0.15, 0.2) is 0 Å². The fourth-order valence-electron chi connectivity index (χ4n) is 4.60. The average molecular weight is 342 g/mol. The van der Waals surface area contributed by atoms with Crippen molar-refractivity contribution >= 4 is 11.7 Å². The molecule has 0 spiro atoms. The summed E-state index contributed by atoms with van der Waals surface area (Å²) in [5.41, 5.74) is 2.42. The van der Waals surface area contributed by atoms with Crippen LogP contribution >= 0.6 is 0 Å². The van der Waals surface area contributed by atoms with Crippen LogP contribution in [0.3, 0.4) is 0 Å². The van der Waals surface area contributed by atoms with Gasteiger partial charge in [-0.25, -0.2) is 4.98 Å². The fourth-order valence-corrected chi connectivity index (χ4v) is 4.60. The molecule has 4 rings (SSSR count). The van der Waals surface area contributed by atoms with Gasteiger partial charge in [0.05, 0.1) is 5.92 Å². The lowest BCUT2D eigenvalue weighted by Crippen LogP contribution is -2.49. The summed E-state index contributed by atoms with van der Waals surface area (Å²) in [5, 5.41) is 6.89. The second-order valence-electron chi connectivity index (χ2n) is 7.83. The van der Waals surface area contributed by atoms with Crippen LogP contribution in [0, 0.1) is 5.92 Å². The van der Waals surface area contributed by atoms with Gasteiger partial charge in [0, 0.05) is 24.2 Å². The first-order valence-corrected chi connectivity index (χ1v) is 9.99. The largest absolute Gasteiger partial charge is 0.317 e. The van der Waals surface area contributed by atoms with Crippen LogP contribution in [0.25, 0.3) is 0 Å². The van der Waals surface area contributed by atoms with Crippen molar-refractivity contribution in [3.05, 3.63) is 23.4 Å². The van der Waals surface area contributed by atoms with Crippen LogP contribution in [0.1, 0.15) is 56.2 Å². The summed E-state index contributed by atoms with van der Waals surface area (Å²) >= 11 is 0. The number of carbonyl (C=O) groups excluding carboxylic acids is 1. The summed E-state index contributed by atoms with van der Waals surface area (Å²) in [4.78, 5) is 20.3. The number of fused-ring (bicyclic) bond motifs is 1. The molecule has 3 aliphatic rings. The summed E-state index contributed by atoms with van der Waals surface area (Å²) in [7, 11) is 0. The van der Waals surface area contributed by atoms with E-state index in [1.54, 1.807) is 0 Å². The molecule has 2 saturated heterocycles. The molecule has 4 heterocycles. The Kier molecular flexibility index (Phi) is 5.04. The lowest BCUT2D eigenvalue weighted by atomic mass is 9.89. The number of hydrogen-bond acceptors (Lipinski definition) is 4. The van der Waals surface area contributed by atoms with Gasteiger partial charge in [0.25, 0.3) is 0 Å². The van der Waals surface area contributed by atoms with E-state index in [0.717, 1.165) is 70.5 Å². The van der Waals surface area contributed by atoms with E-state index < -0.39 is 0 Å². The predicted molar refractivity (Wildman–Crippen MR) is 99.9 cm³/mol. The van der Waals surface area contributed by atoms with Gasteiger partial charge in [-0.15, -0.1) is 0 Å². The molecule has 0 aliphatic carbocycles. The zero-order valence-electron chi connectivity index (χ0n) is 15.3. The first-order chi connectivity index (χ1) is 12.2. The SMILES string of the molecule is C[C@H]1NCCC[C@H]1C(=O)N1CCCc2ccc(C3CCNCC3)nc21. The number of pyridine rings is 1. The van der Waals surface area contributed by atoms with Crippen molar-refractivity contribution in [3.63, 3.8) is 0 Å². The number of aromatic nitrogens is 1. The third-order valence-corrected chi connectivity index (χ3v) is 6.16. The minimum absolute atomic E-state index is 0.0871. The highest BCUT2D eigenvalue weighted by atomic mass is 16.2. The van der Waals surface area contributed by atoms with Crippen LogP contribution < -0.4 is 15.5 Å². The number of carbonyl (C=O) groups is 1. The molecule has 0 aromatic carbocycles. The fraction of sp³-hybridized carbons (Fsp3) is 0.700. The van der Waals surface area contributed by atoms with E-state index in [4.69, 9.17) is 4.98 Å². The Labute approximate surface area is 150 Å². The Morgan fingerprint density at radius 2 is 2.00 bits per heavy atom. The van der Waals surface area contributed by atoms with Crippen molar-refractivity contribution in [2.45, 2.75) is 57.4 Å². The van der Waals surface area contributed by atoms with Crippen molar-refractivity contribution in [1.29, 1.82) is 0 Å². The van der Waals surface area contributed by atoms with E-state index in [-0.39, 0.29) is 17.9 Å².